The SMILES string of the molecule is CC(C)=CCCC(C)(C=O)CCCCCC=CCCC=CC=O. The van der Waals surface area contributed by atoms with E-state index in [1.165, 1.54) is 18.4 Å². The highest BCUT2D eigenvalue weighted by Gasteiger charge is 2.21. The normalized spacial score (nSPS) is 14.0. The summed E-state index contributed by atoms with van der Waals surface area (Å²) < 4.78 is 0. The molecule has 0 spiro atoms. The summed E-state index contributed by atoms with van der Waals surface area (Å²) in [6, 6.07) is 0. The van der Waals surface area contributed by atoms with E-state index in [0.29, 0.717) is 0 Å². The molecule has 23 heavy (non-hydrogen) atoms. The van der Waals surface area contributed by atoms with Gasteiger partial charge in [0.05, 0.1) is 0 Å². The average Bonchev–Trinajstić information content (AvgIpc) is 2.52. The topological polar surface area (TPSA) is 34.1 Å². The predicted octanol–water partition coefficient (Wildman–Crippen LogP) is 5.98. The highest BCUT2D eigenvalue weighted by molar-refractivity contribution is 5.64. The maximum Gasteiger partial charge on any atom is 0.142 e. The monoisotopic (exact) mass is 318 g/mol. The predicted molar refractivity (Wildman–Crippen MR) is 99.5 cm³/mol. The number of rotatable bonds is 14. The molecule has 1 unspecified atom stereocenters. The van der Waals surface area contributed by atoms with Crippen molar-refractivity contribution in [2.45, 2.75) is 78.6 Å². The fourth-order valence-electron chi connectivity index (χ4n) is 2.48. The van der Waals surface area contributed by atoms with Gasteiger partial charge in [0, 0.05) is 5.41 Å². The molecule has 0 saturated carbocycles. The van der Waals surface area contributed by atoms with Gasteiger partial charge in [0.2, 0.25) is 0 Å². The molecule has 0 aromatic carbocycles. The van der Waals surface area contributed by atoms with Crippen LogP contribution in [0.15, 0.2) is 36.0 Å². The van der Waals surface area contributed by atoms with Gasteiger partial charge in [-0.2, -0.15) is 0 Å². The van der Waals surface area contributed by atoms with E-state index in [-0.39, 0.29) is 5.41 Å². The van der Waals surface area contributed by atoms with Crippen LogP contribution < -0.4 is 0 Å². The standard InChI is InChI=1S/C21H34O2/c1-20(2)15-14-17-21(3,19-23)16-12-10-8-6-4-5-7-9-11-13-18-22/h4-5,11,13,15,18-19H,6-10,12,14,16-17H2,1-3H3. The van der Waals surface area contributed by atoms with Gasteiger partial charge in [0.1, 0.15) is 12.6 Å². The molecule has 1 atom stereocenters. The van der Waals surface area contributed by atoms with Crippen LogP contribution in [0.25, 0.3) is 0 Å². The third-order valence-corrected chi connectivity index (χ3v) is 4.05. The van der Waals surface area contributed by atoms with Crippen LogP contribution in [0.3, 0.4) is 0 Å². The molecule has 0 heterocycles. The fourth-order valence-corrected chi connectivity index (χ4v) is 2.48. The summed E-state index contributed by atoms with van der Waals surface area (Å²) in [5.74, 6) is 0. The maximum atomic E-state index is 11.4. The van der Waals surface area contributed by atoms with Gasteiger partial charge in [-0.25, -0.2) is 0 Å². The molecule has 0 aliphatic carbocycles. The molecule has 2 heteroatoms. The molecule has 0 radical (unpaired) electrons. The number of aldehydes is 2. The zero-order valence-electron chi connectivity index (χ0n) is 15.2. The van der Waals surface area contributed by atoms with Crippen molar-refractivity contribution in [1.82, 2.24) is 0 Å². The van der Waals surface area contributed by atoms with Crippen LogP contribution >= 0.6 is 0 Å². The lowest BCUT2D eigenvalue weighted by atomic mass is 9.81. The van der Waals surface area contributed by atoms with Gasteiger partial charge in [-0.05, 0) is 64.9 Å². The van der Waals surface area contributed by atoms with Crippen LogP contribution in [0.2, 0.25) is 0 Å². The molecule has 0 aliphatic rings. The van der Waals surface area contributed by atoms with Crippen molar-refractivity contribution >= 4 is 12.6 Å². The third-order valence-electron chi connectivity index (χ3n) is 4.05. The first kappa shape index (κ1) is 21.6. The molecule has 2 nitrogen and oxygen atoms in total. The maximum absolute atomic E-state index is 11.4. The number of unbranched alkanes of at least 4 members (excludes halogenated alkanes) is 4. The van der Waals surface area contributed by atoms with E-state index in [9.17, 15) is 9.59 Å². The molecule has 0 N–H and O–H groups in total. The molecule has 0 rings (SSSR count). The molecule has 0 bridgehead atoms. The first-order valence-electron chi connectivity index (χ1n) is 8.89. The van der Waals surface area contributed by atoms with Crippen molar-refractivity contribution in [3.05, 3.63) is 36.0 Å². The van der Waals surface area contributed by atoms with Crippen molar-refractivity contribution in [2.24, 2.45) is 5.41 Å². The lowest BCUT2D eigenvalue weighted by Gasteiger charge is -2.22. The summed E-state index contributed by atoms with van der Waals surface area (Å²) >= 11 is 0. The number of carbonyl (C=O) groups is 2. The second kappa shape index (κ2) is 14.2. The lowest BCUT2D eigenvalue weighted by Crippen LogP contribution is -2.17. The summed E-state index contributed by atoms with van der Waals surface area (Å²) in [4.78, 5) is 21.4. The highest BCUT2D eigenvalue weighted by atomic mass is 16.1. The van der Waals surface area contributed by atoms with Gasteiger partial charge in [-0.1, -0.05) is 49.6 Å². The minimum absolute atomic E-state index is 0.160. The Labute approximate surface area is 142 Å². The van der Waals surface area contributed by atoms with Crippen LogP contribution in [-0.2, 0) is 9.59 Å². The smallest absolute Gasteiger partial charge is 0.142 e. The first-order chi connectivity index (χ1) is 11.0. The molecule has 0 aliphatic heterocycles. The van der Waals surface area contributed by atoms with Crippen LogP contribution in [0.5, 0.6) is 0 Å². The first-order valence-corrected chi connectivity index (χ1v) is 8.89. The fraction of sp³-hybridized carbons (Fsp3) is 0.619. The lowest BCUT2D eigenvalue weighted by molar-refractivity contribution is -0.116. The van der Waals surface area contributed by atoms with Crippen molar-refractivity contribution in [3.63, 3.8) is 0 Å². The Morgan fingerprint density at radius 2 is 1.52 bits per heavy atom. The molecule has 130 valence electrons. The van der Waals surface area contributed by atoms with Gasteiger partial charge in [-0.15, -0.1) is 0 Å². The Bertz CT molecular complexity index is 400. The number of hydrogen-bond acceptors (Lipinski definition) is 2. The molecule has 0 saturated heterocycles. The number of carbonyl (C=O) groups excluding carboxylic acids is 2. The van der Waals surface area contributed by atoms with E-state index in [1.807, 2.05) is 6.08 Å². The molecular formula is C21H34O2. The highest BCUT2D eigenvalue weighted by Crippen LogP contribution is 2.28. The molecule has 0 aromatic heterocycles. The van der Waals surface area contributed by atoms with Gasteiger partial charge < -0.3 is 4.79 Å². The Morgan fingerprint density at radius 3 is 2.17 bits per heavy atom. The average molecular weight is 319 g/mol. The van der Waals surface area contributed by atoms with Crippen LogP contribution in [0.1, 0.15) is 78.6 Å². The van der Waals surface area contributed by atoms with Gasteiger partial charge in [-0.3, -0.25) is 4.79 Å². The van der Waals surface area contributed by atoms with Gasteiger partial charge in [0.25, 0.3) is 0 Å². The van der Waals surface area contributed by atoms with Crippen molar-refractivity contribution < 1.29 is 9.59 Å². The van der Waals surface area contributed by atoms with Crippen molar-refractivity contribution in [1.29, 1.82) is 0 Å². The van der Waals surface area contributed by atoms with E-state index in [2.05, 4.69) is 39.0 Å². The zero-order valence-corrected chi connectivity index (χ0v) is 15.2. The molecule has 0 fully saturated rings. The largest absolute Gasteiger partial charge is 0.303 e. The summed E-state index contributed by atoms with van der Waals surface area (Å²) in [7, 11) is 0. The Balaban J connectivity index is 3.73. The third kappa shape index (κ3) is 13.9. The zero-order chi connectivity index (χ0) is 17.4. The second-order valence-electron chi connectivity index (χ2n) is 6.80. The van der Waals surface area contributed by atoms with E-state index in [4.69, 9.17) is 0 Å². The van der Waals surface area contributed by atoms with E-state index < -0.39 is 0 Å². The van der Waals surface area contributed by atoms with Crippen molar-refractivity contribution in [2.75, 3.05) is 0 Å². The van der Waals surface area contributed by atoms with Crippen molar-refractivity contribution in [3.8, 4) is 0 Å². The molecular weight excluding hydrogens is 284 g/mol. The Hall–Kier alpha value is -1.44. The minimum Gasteiger partial charge on any atom is -0.303 e. The Morgan fingerprint density at radius 1 is 0.826 bits per heavy atom. The van der Waals surface area contributed by atoms with E-state index in [0.717, 1.165) is 57.5 Å². The quantitative estimate of drug-likeness (QED) is 0.171. The molecule has 0 amide bonds. The summed E-state index contributed by atoms with van der Waals surface area (Å²) in [6.07, 6.45) is 21.5. The summed E-state index contributed by atoms with van der Waals surface area (Å²) in [5, 5.41) is 0. The number of allylic oxidation sites excluding steroid dienone is 6. The van der Waals surface area contributed by atoms with E-state index >= 15 is 0 Å². The second-order valence-corrected chi connectivity index (χ2v) is 6.80. The molecule has 0 aromatic rings. The summed E-state index contributed by atoms with van der Waals surface area (Å²) in [6.45, 7) is 6.29. The van der Waals surface area contributed by atoms with Crippen LogP contribution in [0, 0.1) is 5.41 Å². The van der Waals surface area contributed by atoms with Crippen LogP contribution in [0.4, 0.5) is 0 Å². The van der Waals surface area contributed by atoms with E-state index in [1.54, 1.807) is 6.08 Å². The minimum atomic E-state index is -0.160. The summed E-state index contributed by atoms with van der Waals surface area (Å²) in [5.41, 5.74) is 1.17. The van der Waals surface area contributed by atoms with Gasteiger partial charge in [0.15, 0.2) is 0 Å². The Kier molecular flexibility index (Phi) is 13.3. The van der Waals surface area contributed by atoms with Gasteiger partial charge >= 0.3 is 0 Å². The number of hydrogen-bond donors (Lipinski definition) is 0. The van der Waals surface area contributed by atoms with Crippen LogP contribution in [-0.4, -0.2) is 12.6 Å².